The van der Waals surface area contributed by atoms with E-state index in [0.717, 1.165) is 10.0 Å². The Balaban J connectivity index is 2.13. The lowest BCUT2D eigenvalue weighted by Gasteiger charge is -2.15. The van der Waals surface area contributed by atoms with Crippen molar-refractivity contribution in [1.82, 2.24) is 5.32 Å². The number of halogens is 1. The van der Waals surface area contributed by atoms with Gasteiger partial charge in [-0.15, -0.1) is 0 Å². The van der Waals surface area contributed by atoms with Gasteiger partial charge in [0, 0.05) is 22.1 Å². The largest absolute Gasteiger partial charge is 0.508 e. The lowest BCUT2D eigenvalue weighted by atomic mass is 10.1. The molecule has 0 bridgehead atoms. The van der Waals surface area contributed by atoms with Gasteiger partial charge in [0.15, 0.2) is 0 Å². The van der Waals surface area contributed by atoms with Crippen molar-refractivity contribution in [3.63, 3.8) is 0 Å². The maximum atomic E-state index is 9.73. The first-order chi connectivity index (χ1) is 6.66. The Labute approximate surface area is 92.5 Å². The highest BCUT2D eigenvalue weighted by Gasteiger charge is 2.24. The van der Waals surface area contributed by atoms with Gasteiger partial charge in [0.05, 0.1) is 0 Å². The lowest BCUT2D eigenvalue weighted by molar-refractivity contribution is 0.451. The zero-order valence-electron chi connectivity index (χ0n) is 8.13. The van der Waals surface area contributed by atoms with E-state index < -0.39 is 0 Å². The van der Waals surface area contributed by atoms with E-state index in [9.17, 15) is 5.11 Å². The maximum Gasteiger partial charge on any atom is 0.121 e. The molecule has 3 heteroatoms. The molecule has 2 nitrogen and oxygen atoms in total. The quantitative estimate of drug-likeness (QED) is 0.871. The van der Waals surface area contributed by atoms with Crippen LogP contribution in [0.1, 0.15) is 31.4 Å². The van der Waals surface area contributed by atoms with E-state index in [2.05, 4.69) is 28.2 Å². The van der Waals surface area contributed by atoms with Crippen LogP contribution in [-0.2, 0) is 0 Å². The first-order valence-electron chi connectivity index (χ1n) is 4.91. The predicted molar refractivity (Wildman–Crippen MR) is 60.4 cm³/mol. The summed E-state index contributed by atoms with van der Waals surface area (Å²) < 4.78 is 0.914. The van der Waals surface area contributed by atoms with Crippen molar-refractivity contribution in [2.45, 2.75) is 31.8 Å². The predicted octanol–water partition coefficient (Wildman–Crippen LogP) is 2.97. The molecule has 1 fully saturated rings. The van der Waals surface area contributed by atoms with Crippen LogP contribution in [0.5, 0.6) is 5.75 Å². The molecule has 0 aliphatic heterocycles. The minimum atomic E-state index is 0.232. The van der Waals surface area contributed by atoms with Gasteiger partial charge in [-0.25, -0.2) is 0 Å². The zero-order chi connectivity index (χ0) is 10.1. The molecular formula is C11H14BrNO. The number of phenols is 1. The van der Waals surface area contributed by atoms with Crippen LogP contribution in [0.15, 0.2) is 22.7 Å². The lowest BCUT2D eigenvalue weighted by Crippen LogP contribution is -2.20. The minimum Gasteiger partial charge on any atom is -0.508 e. The van der Waals surface area contributed by atoms with E-state index in [1.165, 1.54) is 12.8 Å². The Bertz CT molecular complexity index is 336. The van der Waals surface area contributed by atoms with Crippen molar-refractivity contribution >= 4 is 15.9 Å². The summed E-state index contributed by atoms with van der Waals surface area (Å²) in [4.78, 5) is 0. The van der Waals surface area contributed by atoms with Crippen LogP contribution in [0.2, 0.25) is 0 Å². The summed E-state index contributed by atoms with van der Waals surface area (Å²) >= 11 is 3.33. The number of phenolic OH excluding ortho intramolecular Hbond substituents is 1. The van der Waals surface area contributed by atoms with Gasteiger partial charge >= 0.3 is 0 Å². The molecule has 2 N–H and O–H groups in total. The van der Waals surface area contributed by atoms with Crippen LogP contribution in [0, 0.1) is 0 Å². The van der Waals surface area contributed by atoms with Crippen LogP contribution in [0.4, 0.5) is 0 Å². The normalized spacial score (nSPS) is 18.1. The molecule has 1 aromatic carbocycles. The zero-order valence-corrected chi connectivity index (χ0v) is 9.71. The molecule has 2 rings (SSSR count). The number of nitrogens with one attached hydrogen (secondary N) is 1. The van der Waals surface area contributed by atoms with E-state index in [0.29, 0.717) is 11.8 Å². The first-order valence-corrected chi connectivity index (χ1v) is 5.70. The Morgan fingerprint density at radius 3 is 2.79 bits per heavy atom. The molecule has 76 valence electrons. The first kappa shape index (κ1) is 9.99. The number of rotatable bonds is 3. The molecule has 1 aliphatic rings. The molecule has 0 saturated heterocycles. The van der Waals surface area contributed by atoms with Crippen LogP contribution in [-0.4, -0.2) is 11.1 Å². The monoisotopic (exact) mass is 255 g/mol. The van der Waals surface area contributed by atoms with Crippen LogP contribution in [0.25, 0.3) is 0 Å². The minimum absolute atomic E-state index is 0.232. The second-order valence-corrected chi connectivity index (χ2v) is 4.78. The van der Waals surface area contributed by atoms with E-state index in [-0.39, 0.29) is 6.04 Å². The molecule has 0 aromatic heterocycles. The molecule has 14 heavy (non-hydrogen) atoms. The number of hydrogen-bond acceptors (Lipinski definition) is 2. The summed E-state index contributed by atoms with van der Waals surface area (Å²) in [7, 11) is 0. The molecular weight excluding hydrogens is 242 g/mol. The van der Waals surface area contributed by atoms with Gasteiger partial charge in [-0.05, 0) is 31.9 Å². The highest BCUT2D eigenvalue weighted by atomic mass is 79.9. The summed E-state index contributed by atoms with van der Waals surface area (Å²) in [5.74, 6) is 0.361. The van der Waals surface area contributed by atoms with E-state index in [1.54, 1.807) is 6.07 Å². The highest BCUT2D eigenvalue weighted by Crippen LogP contribution is 2.30. The van der Waals surface area contributed by atoms with Gasteiger partial charge in [0.1, 0.15) is 5.75 Å². The summed E-state index contributed by atoms with van der Waals surface area (Å²) in [5, 5.41) is 13.2. The third-order valence-electron chi connectivity index (χ3n) is 2.52. The Kier molecular flexibility index (Phi) is 2.79. The molecule has 1 saturated carbocycles. The Morgan fingerprint density at radius 2 is 2.21 bits per heavy atom. The van der Waals surface area contributed by atoms with Crippen molar-refractivity contribution in [2.24, 2.45) is 0 Å². The third kappa shape index (κ3) is 2.28. The molecule has 1 atom stereocenters. The van der Waals surface area contributed by atoms with Gasteiger partial charge in [-0.1, -0.05) is 22.0 Å². The second-order valence-electron chi connectivity index (χ2n) is 3.87. The van der Waals surface area contributed by atoms with E-state index in [1.807, 2.05) is 12.1 Å². The van der Waals surface area contributed by atoms with Gasteiger partial charge in [0.2, 0.25) is 0 Å². The SMILES string of the molecule is CC(NC1CC1)c1ccc(Br)cc1O. The second kappa shape index (κ2) is 3.91. The molecule has 0 spiro atoms. The van der Waals surface area contributed by atoms with Crippen molar-refractivity contribution in [2.75, 3.05) is 0 Å². The van der Waals surface area contributed by atoms with Crippen molar-refractivity contribution in [3.05, 3.63) is 28.2 Å². The topological polar surface area (TPSA) is 32.3 Å². The fourth-order valence-corrected chi connectivity index (χ4v) is 1.93. The molecule has 1 aliphatic carbocycles. The molecule has 0 amide bonds. The number of hydrogen-bond donors (Lipinski definition) is 2. The summed E-state index contributed by atoms with van der Waals surface area (Å²) in [5.41, 5.74) is 0.972. The van der Waals surface area contributed by atoms with Gasteiger partial charge < -0.3 is 10.4 Å². The van der Waals surface area contributed by atoms with E-state index >= 15 is 0 Å². The maximum absolute atomic E-state index is 9.73. The number of aromatic hydroxyl groups is 1. The molecule has 1 unspecified atom stereocenters. The summed E-state index contributed by atoms with van der Waals surface area (Å²) in [6, 6.07) is 6.55. The Hall–Kier alpha value is -0.540. The van der Waals surface area contributed by atoms with Crippen molar-refractivity contribution in [3.8, 4) is 5.75 Å². The average Bonchev–Trinajstić information content (AvgIpc) is 2.87. The smallest absolute Gasteiger partial charge is 0.121 e. The fourth-order valence-electron chi connectivity index (χ4n) is 1.58. The fraction of sp³-hybridized carbons (Fsp3) is 0.455. The van der Waals surface area contributed by atoms with Crippen LogP contribution < -0.4 is 5.32 Å². The summed E-state index contributed by atoms with van der Waals surface area (Å²) in [6.45, 7) is 2.08. The van der Waals surface area contributed by atoms with Gasteiger partial charge in [-0.2, -0.15) is 0 Å². The standard InChI is InChI=1S/C11H14BrNO/c1-7(13-9-3-4-9)10-5-2-8(12)6-11(10)14/h2,5-7,9,13-14H,3-4H2,1H3. The number of benzene rings is 1. The van der Waals surface area contributed by atoms with Crippen molar-refractivity contribution < 1.29 is 5.11 Å². The molecule has 0 radical (unpaired) electrons. The Morgan fingerprint density at radius 1 is 1.50 bits per heavy atom. The average molecular weight is 256 g/mol. The van der Waals surface area contributed by atoms with Gasteiger partial charge in [0.25, 0.3) is 0 Å². The summed E-state index contributed by atoms with van der Waals surface area (Å²) in [6.07, 6.45) is 2.53. The molecule has 0 heterocycles. The van der Waals surface area contributed by atoms with Gasteiger partial charge in [-0.3, -0.25) is 0 Å². The van der Waals surface area contributed by atoms with Crippen molar-refractivity contribution in [1.29, 1.82) is 0 Å². The van der Waals surface area contributed by atoms with Crippen LogP contribution in [0.3, 0.4) is 0 Å². The molecule has 1 aromatic rings. The third-order valence-corrected chi connectivity index (χ3v) is 3.02. The van der Waals surface area contributed by atoms with Crippen LogP contribution >= 0.6 is 15.9 Å². The highest BCUT2D eigenvalue weighted by molar-refractivity contribution is 9.10. The van der Waals surface area contributed by atoms with E-state index in [4.69, 9.17) is 0 Å².